The summed E-state index contributed by atoms with van der Waals surface area (Å²) < 4.78 is 4.84. The molecule has 0 radical (unpaired) electrons. The summed E-state index contributed by atoms with van der Waals surface area (Å²) in [4.78, 5) is 33.5. The smallest absolute Gasteiger partial charge is 0.328 e. The molecule has 0 spiro atoms. The summed E-state index contributed by atoms with van der Waals surface area (Å²) in [7, 11) is 1.28. The molecule has 154 valence electrons. The van der Waals surface area contributed by atoms with Crippen molar-refractivity contribution in [2.75, 3.05) is 7.11 Å². The van der Waals surface area contributed by atoms with Gasteiger partial charge in [-0.15, -0.1) is 0 Å². The first-order valence-corrected chi connectivity index (χ1v) is 10.5. The zero-order chi connectivity index (χ0) is 21.3. The van der Waals surface area contributed by atoms with Gasteiger partial charge in [0.1, 0.15) is 6.04 Å². The van der Waals surface area contributed by atoms with E-state index in [1.165, 1.54) is 25.1 Å². The van der Waals surface area contributed by atoms with E-state index >= 15 is 0 Å². The average molecular weight is 442 g/mol. The number of aromatic nitrogens is 2. The molecular weight excluding hydrogens is 422 g/mol. The molecule has 1 N–H and O–H groups in total. The minimum atomic E-state index is -0.864. The molecule has 0 bridgehead atoms. The van der Waals surface area contributed by atoms with Gasteiger partial charge < -0.3 is 10.1 Å². The second-order valence-corrected chi connectivity index (χ2v) is 7.71. The zero-order valence-corrected chi connectivity index (χ0v) is 17.8. The highest BCUT2D eigenvalue weighted by atomic mass is 35.5. The predicted octanol–water partition coefficient (Wildman–Crippen LogP) is 3.94. The quantitative estimate of drug-likeness (QED) is 0.324. The van der Waals surface area contributed by atoms with Gasteiger partial charge in [-0.1, -0.05) is 84.0 Å². The number of rotatable bonds is 8. The van der Waals surface area contributed by atoms with Crippen LogP contribution in [0.4, 0.5) is 0 Å². The molecule has 3 aromatic rings. The maximum absolute atomic E-state index is 12.8. The van der Waals surface area contributed by atoms with Gasteiger partial charge in [-0.2, -0.15) is 0 Å². The van der Waals surface area contributed by atoms with E-state index in [1.807, 2.05) is 60.7 Å². The first-order valence-electron chi connectivity index (χ1n) is 9.18. The molecule has 0 saturated heterocycles. The van der Waals surface area contributed by atoms with E-state index in [0.717, 1.165) is 11.1 Å². The third kappa shape index (κ3) is 6.05. The van der Waals surface area contributed by atoms with Gasteiger partial charge in [0.15, 0.2) is 10.9 Å². The van der Waals surface area contributed by atoms with Crippen LogP contribution in [0, 0.1) is 0 Å². The Bertz CT molecular complexity index is 1000. The number of ether oxygens (including phenoxy) is 1. The van der Waals surface area contributed by atoms with E-state index in [2.05, 4.69) is 15.3 Å². The number of halogens is 1. The van der Waals surface area contributed by atoms with Crippen LogP contribution >= 0.6 is 23.4 Å². The van der Waals surface area contributed by atoms with Crippen molar-refractivity contribution in [1.82, 2.24) is 15.3 Å². The Labute approximate surface area is 184 Å². The molecule has 0 aliphatic heterocycles. The SMILES string of the molecule is COC(=O)[C@@H](Cc1ccccc1)NC(=O)c1nc(SCc2ccccc2)ncc1Cl. The van der Waals surface area contributed by atoms with Crippen LogP contribution in [0.3, 0.4) is 0 Å². The number of esters is 1. The lowest BCUT2D eigenvalue weighted by Gasteiger charge is -2.17. The van der Waals surface area contributed by atoms with Crippen molar-refractivity contribution >= 4 is 35.2 Å². The molecule has 2 aromatic carbocycles. The number of nitrogens with one attached hydrogen (secondary N) is 1. The Morgan fingerprint density at radius 2 is 1.70 bits per heavy atom. The number of hydrogen-bond donors (Lipinski definition) is 1. The van der Waals surface area contributed by atoms with Gasteiger partial charge in [-0.25, -0.2) is 14.8 Å². The molecule has 1 amide bonds. The van der Waals surface area contributed by atoms with Gasteiger partial charge in [0.2, 0.25) is 0 Å². The van der Waals surface area contributed by atoms with Crippen LogP contribution in [0.25, 0.3) is 0 Å². The standard InChI is InChI=1S/C22H20ClN3O3S/c1-29-21(28)18(12-15-8-4-2-5-9-15)25-20(27)19-17(23)13-24-22(26-19)30-14-16-10-6-3-7-11-16/h2-11,13,18H,12,14H2,1H3,(H,25,27)/t18-/m1/s1. The van der Waals surface area contributed by atoms with Gasteiger partial charge in [0, 0.05) is 12.2 Å². The fourth-order valence-electron chi connectivity index (χ4n) is 2.71. The molecule has 1 aromatic heterocycles. The second kappa shape index (κ2) is 10.8. The Kier molecular flexibility index (Phi) is 7.82. The van der Waals surface area contributed by atoms with Crippen molar-refractivity contribution in [2.45, 2.75) is 23.4 Å². The minimum absolute atomic E-state index is 0.0178. The molecular formula is C22H20ClN3O3S. The summed E-state index contributed by atoms with van der Waals surface area (Å²) in [6.45, 7) is 0. The van der Waals surface area contributed by atoms with E-state index in [4.69, 9.17) is 16.3 Å². The van der Waals surface area contributed by atoms with E-state index in [9.17, 15) is 9.59 Å². The monoisotopic (exact) mass is 441 g/mol. The summed E-state index contributed by atoms with van der Waals surface area (Å²) in [5, 5.41) is 3.21. The van der Waals surface area contributed by atoms with Crippen LogP contribution in [0.1, 0.15) is 21.6 Å². The molecule has 0 aliphatic carbocycles. The molecule has 3 rings (SSSR count). The van der Waals surface area contributed by atoms with Gasteiger partial charge in [-0.3, -0.25) is 4.79 Å². The summed E-state index contributed by atoms with van der Waals surface area (Å²) >= 11 is 7.55. The molecule has 0 unspecified atom stereocenters. The predicted molar refractivity (Wildman–Crippen MR) is 116 cm³/mol. The number of benzene rings is 2. The van der Waals surface area contributed by atoms with Crippen molar-refractivity contribution in [3.8, 4) is 0 Å². The van der Waals surface area contributed by atoms with Crippen LogP contribution in [0.2, 0.25) is 5.02 Å². The highest BCUT2D eigenvalue weighted by Crippen LogP contribution is 2.22. The number of hydrogen-bond acceptors (Lipinski definition) is 6. The summed E-state index contributed by atoms with van der Waals surface area (Å²) in [6.07, 6.45) is 1.68. The van der Waals surface area contributed by atoms with Gasteiger partial charge >= 0.3 is 5.97 Å². The molecule has 0 fully saturated rings. The molecule has 0 saturated carbocycles. The van der Waals surface area contributed by atoms with Crippen LogP contribution < -0.4 is 5.32 Å². The number of carbonyl (C=O) groups excluding carboxylic acids is 2. The maximum Gasteiger partial charge on any atom is 0.328 e. The summed E-state index contributed by atoms with van der Waals surface area (Å²) in [6, 6.07) is 18.3. The minimum Gasteiger partial charge on any atom is -0.467 e. The third-order valence-electron chi connectivity index (χ3n) is 4.22. The van der Waals surface area contributed by atoms with Gasteiger partial charge in [0.25, 0.3) is 5.91 Å². The van der Waals surface area contributed by atoms with Crippen LogP contribution in [0.5, 0.6) is 0 Å². The molecule has 1 atom stereocenters. The third-order valence-corrected chi connectivity index (χ3v) is 5.43. The largest absolute Gasteiger partial charge is 0.467 e. The number of amides is 1. The highest BCUT2D eigenvalue weighted by Gasteiger charge is 2.25. The van der Waals surface area contributed by atoms with Crippen LogP contribution in [-0.4, -0.2) is 35.0 Å². The van der Waals surface area contributed by atoms with E-state index < -0.39 is 17.9 Å². The topological polar surface area (TPSA) is 81.2 Å². The number of methoxy groups -OCH3 is 1. The maximum atomic E-state index is 12.8. The van der Waals surface area contributed by atoms with E-state index in [0.29, 0.717) is 10.9 Å². The van der Waals surface area contributed by atoms with Crippen LogP contribution in [0.15, 0.2) is 72.0 Å². The number of carbonyl (C=O) groups is 2. The molecule has 6 nitrogen and oxygen atoms in total. The Morgan fingerprint density at radius 1 is 1.07 bits per heavy atom. The van der Waals surface area contributed by atoms with Crippen LogP contribution in [-0.2, 0) is 21.7 Å². The lowest BCUT2D eigenvalue weighted by atomic mass is 10.1. The van der Waals surface area contributed by atoms with E-state index in [-0.39, 0.29) is 17.1 Å². The van der Waals surface area contributed by atoms with Crippen molar-refractivity contribution in [3.05, 3.63) is 88.7 Å². The lowest BCUT2D eigenvalue weighted by Crippen LogP contribution is -2.43. The Hall–Kier alpha value is -2.90. The lowest BCUT2D eigenvalue weighted by molar-refractivity contribution is -0.142. The first kappa shape index (κ1) is 21.8. The van der Waals surface area contributed by atoms with Crippen molar-refractivity contribution in [2.24, 2.45) is 0 Å². The highest BCUT2D eigenvalue weighted by molar-refractivity contribution is 7.98. The fourth-order valence-corrected chi connectivity index (χ4v) is 3.66. The fraction of sp³-hybridized carbons (Fsp3) is 0.182. The van der Waals surface area contributed by atoms with Crippen molar-refractivity contribution in [1.29, 1.82) is 0 Å². The van der Waals surface area contributed by atoms with Crippen molar-refractivity contribution in [3.63, 3.8) is 0 Å². The molecule has 8 heteroatoms. The number of nitrogens with zero attached hydrogens (tertiary/aromatic N) is 2. The normalized spacial score (nSPS) is 11.5. The summed E-state index contributed by atoms with van der Waals surface area (Å²) in [5.74, 6) is -0.450. The summed E-state index contributed by atoms with van der Waals surface area (Å²) in [5.41, 5.74) is 2.02. The molecule has 1 heterocycles. The second-order valence-electron chi connectivity index (χ2n) is 6.36. The van der Waals surface area contributed by atoms with Gasteiger partial charge in [-0.05, 0) is 11.1 Å². The number of thioether (sulfide) groups is 1. The molecule has 0 aliphatic rings. The van der Waals surface area contributed by atoms with E-state index in [1.54, 1.807) is 0 Å². The first-order chi connectivity index (χ1) is 14.6. The Morgan fingerprint density at radius 3 is 2.33 bits per heavy atom. The van der Waals surface area contributed by atoms with Crippen molar-refractivity contribution < 1.29 is 14.3 Å². The average Bonchev–Trinajstić information content (AvgIpc) is 2.78. The van der Waals surface area contributed by atoms with Gasteiger partial charge in [0.05, 0.1) is 18.3 Å². The molecule has 30 heavy (non-hydrogen) atoms. The zero-order valence-electron chi connectivity index (χ0n) is 16.2. The Balaban J connectivity index is 1.72.